The number of hydrogen-bond acceptors (Lipinski definition) is 4. The highest BCUT2D eigenvalue weighted by Crippen LogP contribution is 2.20. The Morgan fingerprint density at radius 2 is 2.33 bits per heavy atom. The van der Waals surface area contributed by atoms with Crippen molar-refractivity contribution < 1.29 is 14.6 Å². The van der Waals surface area contributed by atoms with Gasteiger partial charge in [0.15, 0.2) is 5.15 Å². The van der Waals surface area contributed by atoms with E-state index in [2.05, 4.69) is 10.3 Å². The van der Waals surface area contributed by atoms with Crippen LogP contribution in [0.25, 0.3) is 5.69 Å². The van der Waals surface area contributed by atoms with Gasteiger partial charge in [-0.1, -0.05) is 22.9 Å². The number of nitrogens with zero attached hydrogens (tertiary/aromatic N) is 3. The van der Waals surface area contributed by atoms with E-state index in [0.717, 1.165) is 0 Å². The smallest absolute Gasteiger partial charge is 0.309 e. The molecule has 2 aromatic rings. The lowest BCUT2D eigenvalue weighted by Gasteiger charge is -2.06. The van der Waals surface area contributed by atoms with Gasteiger partial charge in [0.1, 0.15) is 5.75 Å². The van der Waals surface area contributed by atoms with Crippen LogP contribution < -0.4 is 4.74 Å². The van der Waals surface area contributed by atoms with E-state index >= 15 is 0 Å². The van der Waals surface area contributed by atoms with Gasteiger partial charge < -0.3 is 9.84 Å². The van der Waals surface area contributed by atoms with Crippen LogP contribution >= 0.6 is 11.6 Å². The van der Waals surface area contributed by atoms with Gasteiger partial charge in [0.2, 0.25) is 0 Å². The molecule has 0 unspecified atom stereocenters. The molecule has 18 heavy (non-hydrogen) atoms. The number of aromatic nitrogens is 3. The highest BCUT2D eigenvalue weighted by molar-refractivity contribution is 6.30. The van der Waals surface area contributed by atoms with Crippen LogP contribution in [0.3, 0.4) is 0 Å². The second-order valence-corrected chi connectivity index (χ2v) is 3.87. The predicted octanol–water partition coefficient (Wildman–Crippen LogP) is 1.56. The molecule has 0 radical (unpaired) electrons. The minimum absolute atomic E-state index is 0.0835. The maximum Gasteiger partial charge on any atom is 0.309 e. The number of ether oxygens (including phenoxy) is 1. The monoisotopic (exact) mass is 267 g/mol. The molecule has 1 N–H and O–H groups in total. The Morgan fingerprint density at radius 1 is 1.56 bits per heavy atom. The zero-order chi connectivity index (χ0) is 13.1. The predicted molar refractivity (Wildman–Crippen MR) is 64.3 cm³/mol. The SMILES string of the molecule is COc1cccc(-n2nnc(Cl)c2CC(=O)O)c1. The molecule has 0 fully saturated rings. The largest absolute Gasteiger partial charge is 0.497 e. The summed E-state index contributed by atoms with van der Waals surface area (Å²) >= 11 is 5.82. The maximum absolute atomic E-state index is 10.8. The molecule has 94 valence electrons. The van der Waals surface area contributed by atoms with Crippen LogP contribution in [0.4, 0.5) is 0 Å². The lowest BCUT2D eigenvalue weighted by atomic mass is 10.2. The van der Waals surface area contributed by atoms with Crippen LogP contribution in [-0.2, 0) is 11.2 Å². The molecule has 0 spiro atoms. The molecular weight excluding hydrogens is 258 g/mol. The average Bonchev–Trinajstić information content (AvgIpc) is 2.71. The topological polar surface area (TPSA) is 77.2 Å². The Balaban J connectivity index is 2.46. The molecule has 0 bridgehead atoms. The lowest BCUT2D eigenvalue weighted by Crippen LogP contribution is -2.08. The third kappa shape index (κ3) is 2.43. The normalized spacial score (nSPS) is 10.3. The number of hydrogen-bond donors (Lipinski definition) is 1. The number of aliphatic carboxylic acids is 1. The summed E-state index contributed by atoms with van der Waals surface area (Å²) in [6.07, 6.45) is -0.247. The van der Waals surface area contributed by atoms with Crippen molar-refractivity contribution in [2.45, 2.75) is 6.42 Å². The fourth-order valence-corrected chi connectivity index (χ4v) is 1.70. The van der Waals surface area contributed by atoms with Crippen LogP contribution in [0, 0.1) is 0 Å². The molecule has 2 rings (SSSR count). The van der Waals surface area contributed by atoms with Crippen molar-refractivity contribution in [2.75, 3.05) is 7.11 Å². The minimum atomic E-state index is -0.997. The number of benzene rings is 1. The zero-order valence-electron chi connectivity index (χ0n) is 9.50. The second-order valence-electron chi connectivity index (χ2n) is 3.51. The van der Waals surface area contributed by atoms with E-state index in [-0.39, 0.29) is 11.6 Å². The summed E-state index contributed by atoms with van der Waals surface area (Å²) in [4.78, 5) is 10.8. The molecule has 0 aliphatic heterocycles. The van der Waals surface area contributed by atoms with Crippen LogP contribution in [0.5, 0.6) is 5.75 Å². The van der Waals surface area contributed by atoms with E-state index in [1.54, 1.807) is 31.4 Å². The molecule has 0 atom stereocenters. The van der Waals surface area contributed by atoms with Crippen molar-refractivity contribution in [2.24, 2.45) is 0 Å². The molecule has 7 heteroatoms. The van der Waals surface area contributed by atoms with Gasteiger partial charge in [-0.3, -0.25) is 4.79 Å². The van der Waals surface area contributed by atoms with Gasteiger partial charge in [0, 0.05) is 6.07 Å². The summed E-state index contributed by atoms with van der Waals surface area (Å²) in [5, 5.41) is 16.4. The van der Waals surface area contributed by atoms with Gasteiger partial charge in [0.05, 0.1) is 24.9 Å². The van der Waals surface area contributed by atoms with Gasteiger partial charge in [0.25, 0.3) is 0 Å². The van der Waals surface area contributed by atoms with E-state index in [4.69, 9.17) is 21.4 Å². The van der Waals surface area contributed by atoms with Gasteiger partial charge in [-0.25, -0.2) is 4.68 Å². The summed E-state index contributed by atoms with van der Waals surface area (Å²) in [5.74, 6) is -0.358. The van der Waals surface area contributed by atoms with Gasteiger partial charge in [-0.15, -0.1) is 5.10 Å². The first-order chi connectivity index (χ1) is 8.61. The summed E-state index contributed by atoms with van der Waals surface area (Å²) < 4.78 is 6.48. The zero-order valence-corrected chi connectivity index (χ0v) is 10.3. The van der Waals surface area contributed by atoms with Crippen LogP contribution in [0.1, 0.15) is 5.69 Å². The number of rotatable bonds is 4. The first kappa shape index (κ1) is 12.4. The van der Waals surface area contributed by atoms with E-state index < -0.39 is 5.97 Å². The van der Waals surface area contributed by atoms with Crippen LogP contribution in [-0.4, -0.2) is 33.2 Å². The number of halogens is 1. The molecule has 1 heterocycles. The molecule has 0 saturated heterocycles. The second kappa shape index (κ2) is 5.05. The maximum atomic E-state index is 10.8. The van der Waals surface area contributed by atoms with Crippen LogP contribution in [0.2, 0.25) is 5.15 Å². The van der Waals surface area contributed by atoms with Crippen LogP contribution in [0.15, 0.2) is 24.3 Å². The van der Waals surface area contributed by atoms with Gasteiger partial charge in [-0.2, -0.15) is 0 Å². The molecule has 1 aromatic heterocycles. The summed E-state index contributed by atoms with van der Waals surface area (Å²) in [6.45, 7) is 0. The molecule has 0 aliphatic rings. The molecule has 0 saturated carbocycles. The molecular formula is C11H10ClN3O3. The molecule has 1 aromatic carbocycles. The number of carboxylic acids is 1. The summed E-state index contributed by atoms with van der Waals surface area (Å²) in [5.41, 5.74) is 0.974. The number of carbonyl (C=O) groups is 1. The number of methoxy groups -OCH3 is 1. The molecule has 0 aliphatic carbocycles. The van der Waals surface area contributed by atoms with Gasteiger partial charge in [-0.05, 0) is 12.1 Å². The third-order valence-corrected chi connectivity index (χ3v) is 2.63. The van der Waals surface area contributed by atoms with Crippen molar-refractivity contribution in [3.05, 3.63) is 35.1 Å². The fourth-order valence-electron chi connectivity index (χ4n) is 1.52. The minimum Gasteiger partial charge on any atom is -0.497 e. The average molecular weight is 268 g/mol. The Morgan fingerprint density at radius 3 is 3.00 bits per heavy atom. The molecule has 6 nitrogen and oxygen atoms in total. The Labute approximate surface area is 108 Å². The Kier molecular flexibility index (Phi) is 3.47. The third-order valence-electron chi connectivity index (χ3n) is 2.33. The quantitative estimate of drug-likeness (QED) is 0.909. The van der Waals surface area contributed by atoms with Crippen molar-refractivity contribution in [3.8, 4) is 11.4 Å². The lowest BCUT2D eigenvalue weighted by molar-refractivity contribution is -0.136. The standard InChI is InChI=1S/C11H10ClN3O3/c1-18-8-4-2-3-7(5-8)15-9(6-10(16)17)11(12)13-14-15/h2-5H,6H2,1H3,(H,16,17). The summed E-state index contributed by atoms with van der Waals surface area (Å²) in [6, 6.07) is 7.03. The van der Waals surface area contributed by atoms with Gasteiger partial charge >= 0.3 is 5.97 Å². The number of carboxylic acid groups (broad SMARTS) is 1. The van der Waals surface area contributed by atoms with E-state index in [1.165, 1.54) is 4.68 Å². The Bertz CT molecular complexity index is 583. The Hall–Kier alpha value is -2.08. The fraction of sp³-hybridized carbons (Fsp3) is 0.182. The first-order valence-corrected chi connectivity index (χ1v) is 5.46. The summed E-state index contributed by atoms with van der Waals surface area (Å²) in [7, 11) is 1.55. The van der Waals surface area contributed by atoms with Crippen molar-refractivity contribution >= 4 is 17.6 Å². The van der Waals surface area contributed by atoms with E-state index in [0.29, 0.717) is 17.1 Å². The van der Waals surface area contributed by atoms with E-state index in [9.17, 15) is 4.79 Å². The van der Waals surface area contributed by atoms with Crippen molar-refractivity contribution in [3.63, 3.8) is 0 Å². The van der Waals surface area contributed by atoms with E-state index in [1.807, 2.05) is 0 Å². The highest BCUT2D eigenvalue weighted by Gasteiger charge is 2.15. The molecule has 0 amide bonds. The van der Waals surface area contributed by atoms with Crippen molar-refractivity contribution in [1.82, 2.24) is 15.0 Å². The highest BCUT2D eigenvalue weighted by atomic mass is 35.5. The van der Waals surface area contributed by atoms with Crippen molar-refractivity contribution in [1.29, 1.82) is 0 Å². The first-order valence-electron chi connectivity index (χ1n) is 5.08.